The third-order valence-corrected chi connectivity index (χ3v) is 6.70. The molecule has 2 aliphatic heterocycles. The van der Waals surface area contributed by atoms with E-state index in [1.807, 2.05) is 17.2 Å². The van der Waals surface area contributed by atoms with E-state index in [9.17, 15) is 0 Å². The summed E-state index contributed by atoms with van der Waals surface area (Å²) in [6.45, 7) is 10.1. The van der Waals surface area contributed by atoms with Gasteiger partial charge in [-0.05, 0) is 47.7 Å². The molecular weight excluding hydrogens is 396 g/mol. The Bertz CT molecular complexity index is 1120. The smallest absolute Gasteiger partial charge is 0.114 e. The van der Waals surface area contributed by atoms with Crippen molar-refractivity contribution in [3.05, 3.63) is 72.0 Å². The highest BCUT2D eigenvalue weighted by Gasteiger charge is 2.17. The van der Waals surface area contributed by atoms with Crippen LogP contribution in [0.2, 0.25) is 0 Å². The Morgan fingerprint density at radius 2 is 1.94 bits per heavy atom. The number of hydrogen-bond acceptors (Lipinski definition) is 5. The number of imidazole rings is 1. The number of piperazine rings is 1. The molecule has 32 heavy (non-hydrogen) atoms. The van der Waals surface area contributed by atoms with Gasteiger partial charge in [0.15, 0.2) is 0 Å². The Hall–Kier alpha value is -3.09. The number of hydrogen-bond donors (Lipinski definition) is 1. The van der Waals surface area contributed by atoms with Gasteiger partial charge >= 0.3 is 0 Å². The maximum absolute atomic E-state index is 6.56. The van der Waals surface area contributed by atoms with Crippen LogP contribution >= 0.6 is 0 Å². The van der Waals surface area contributed by atoms with Crippen molar-refractivity contribution in [2.75, 3.05) is 50.0 Å². The van der Waals surface area contributed by atoms with Gasteiger partial charge in [-0.25, -0.2) is 9.66 Å². The summed E-state index contributed by atoms with van der Waals surface area (Å²) in [6, 6.07) is 8.86. The molecule has 1 fully saturated rings. The number of fused-ring (bicyclic) bond motifs is 2. The second-order valence-electron chi connectivity index (χ2n) is 8.67. The van der Waals surface area contributed by atoms with Crippen molar-refractivity contribution in [2.45, 2.75) is 19.9 Å². The minimum atomic E-state index is 0.772. The van der Waals surface area contributed by atoms with Gasteiger partial charge in [0.2, 0.25) is 0 Å². The molecule has 0 amide bonds. The standard InChI is InChI=1S/C26H32N6/c1-2-29-13-15-30(16-14-29)10-4-3-5-21-6-7-24-22(17-21)18-23-19-31(32-12-9-28-20-32)11-8-25(23)26(24)27/h3,5-9,11-12,17-18,20H,2,4,10,13-16,19,27H2,1H3/b5-3+. The lowest BCUT2D eigenvalue weighted by Gasteiger charge is -2.33. The fourth-order valence-electron chi connectivity index (χ4n) is 4.72. The number of nitrogen functional groups attached to an aromatic ring is 1. The van der Waals surface area contributed by atoms with Crippen LogP contribution in [0.3, 0.4) is 0 Å². The van der Waals surface area contributed by atoms with Crippen molar-refractivity contribution in [2.24, 2.45) is 0 Å². The minimum Gasteiger partial charge on any atom is -0.398 e. The molecule has 2 N–H and O–H groups in total. The highest BCUT2D eigenvalue weighted by Crippen LogP contribution is 2.33. The monoisotopic (exact) mass is 428 g/mol. The van der Waals surface area contributed by atoms with E-state index in [0.29, 0.717) is 0 Å². The Morgan fingerprint density at radius 1 is 1.09 bits per heavy atom. The van der Waals surface area contributed by atoms with Crippen molar-refractivity contribution < 1.29 is 0 Å². The molecular formula is C26H32N6. The number of nitrogens with zero attached hydrogens (tertiary/aromatic N) is 5. The second kappa shape index (κ2) is 9.18. The lowest BCUT2D eigenvalue weighted by molar-refractivity contribution is 0.139. The largest absolute Gasteiger partial charge is 0.398 e. The number of likely N-dealkylation sites (N-methyl/N-ethyl adjacent to an activating group) is 1. The van der Waals surface area contributed by atoms with Crippen molar-refractivity contribution in [1.82, 2.24) is 19.5 Å². The summed E-state index contributed by atoms with van der Waals surface area (Å²) in [5.41, 5.74) is 11.0. The predicted octanol–water partition coefficient (Wildman–Crippen LogP) is 3.78. The van der Waals surface area contributed by atoms with Gasteiger partial charge in [-0.1, -0.05) is 31.2 Å². The zero-order chi connectivity index (χ0) is 21.9. The van der Waals surface area contributed by atoms with Crippen molar-refractivity contribution >= 4 is 28.6 Å². The predicted molar refractivity (Wildman–Crippen MR) is 134 cm³/mol. The molecule has 0 spiro atoms. The van der Waals surface area contributed by atoms with Crippen LogP contribution in [-0.2, 0) is 6.54 Å². The summed E-state index contributed by atoms with van der Waals surface area (Å²) in [5.74, 6) is 0. The maximum Gasteiger partial charge on any atom is 0.114 e. The van der Waals surface area contributed by atoms with E-state index >= 15 is 0 Å². The molecule has 6 heteroatoms. The van der Waals surface area contributed by atoms with Crippen LogP contribution in [-0.4, -0.2) is 58.7 Å². The molecule has 2 aromatic carbocycles. The van der Waals surface area contributed by atoms with Gasteiger partial charge in [0, 0.05) is 68.0 Å². The van der Waals surface area contributed by atoms with Gasteiger partial charge in [0.25, 0.3) is 0 Å². The number of rotatable bonds is 6. The number of benzene rings is 2. The molecule has 0 unspecified atom stereocenters. The van der Waals surface area contributed by atoms with Crippen LogP contribution in [0.4, 0.5) is 5.69 Å². The van der Waals surface area contributed by atoms with Crippen LogP contribution in [0, 0.1) is 0 Å². The lowest BCUT2D eigenvalue weighted by Crippen LogP contribution is -2.46. The Balaban J connectivity index is 1.28. The lowest BCUT2D eigenvalue weighted by atomic mass is 9.95. The highest BCUT2D eigenvalue weighted by molar-refractivity contribution is 5.99. The average Bonchev–Trinajstić information content (AvgIpc) is 3.37. The van der Waals surface area contributed by atoms with Crippen LogP contribution in [0.25, 0.3) is 22.9 Å². The summed E-state index contributed by atoms with van der Waals surface area (Å²) in [7, 11) is 0. The van der Waals surface area contributed by atoms with Gasteiger partial charge in [0.05, 0.1) is 6.54 Å². The quantitative estimate of drug-likeness (QED) is 0.606. The fourth-order valence-corrected chi connectivity index (χ4v) is 4.72. The third kappa shape index (κ3) is 4.29. The van der Waals surface area contributed by atoms with Crippen molar-refractivity contribution in [3.8, 4) is 0 Å². The molecule has 0 atom stereocenters. The Labute approximate surface area is 190 Å². The summed E-state index contributed by atoms with van der Waals surface area (Å²) < 4.78 is 1.99. The van der Waals surface area contributed by atoms with Crippen molar-refractivity contribution in [1.29, 1.82) is 0 Å². The Kier molecular flexibility index (Phi) is 5.97. The first-order valence-corrected chi connectivity index (χ1v) is 11.6. The first-order valence-electron chi connectivity index (χ1n) is 11.6. The third-order valence-electron chi connectivity index (χ3n) is 6.70. The van der Waals surface area contributed by atoms with Gasteiger partial charge in [0.1, 0.15) is 6.33 Å². The van der Waals surface area contributed by atoms with Crippen molar-refractivity contribution in [3.63, 3.8) is 0 Å². The maximum atomic E-state index is 6.56. The van der Waals surface area contributed by atoms with Gasteiger partial charge in [-0.15, -0.1) is 0 Å². The first kappa shape index (κ1) is 20.8. The number of nitrogens with two attached hydrogens (primary N) is 1. The minimum absolute atomic E-state index is 0.772. The SMILES string of the molecule is CCN1CCN(CC/C=C/c2ccc3c(N)c4c(cc3c2)CN(n2ccnc2)C=C4)CC1. The second-order valence-corrected chi connectivity index (χ2v) is 8.67. The molecule has 0 aliphatic carbocycles. The van der Waals surface area contributed by atoms with E-state index in [2.05, 4.69) is 75.4 Å². The van der Waals surface area contributed by atoms with Gasteiger partial charge in [-0.2, -0.15) is 0 Å². The van der Waals surface area contributed by atoms with Gasteiger partial charge < -0.3 is 15.5 Å². The zero-order valence-electron chi connectivity index (χ0n) is 18.8. The van der Waals surface area contributed by atoms with Gasteiger partial charge in [-0.3, -0.25) is 5.01 Å². The molecule has 1 aromatic heterocycles. The van der Waals surface area contributed by atoms with Crippen LogP contribution in [0.15, 0.2) is 55.3 Å². The summed E-state index contributed by atoms with van der Waals surface area (Å²) in [4.78, 5) is 9.25. The van der Waals surface area contributed by atoms with E-state index in [1.54, 1.807) is 6.20 Å². The number of anilines is 1. The molecule has 6 nitrogen and oxygen atoms in total. The molecule has 3 aromatic rings. The van der Waals surface area contributed by atoms with E-state index in [-0.39, 0.29) is 0 Å². The molecule has 0 saturated carbocycles. The first-order chi connectivity index (χ1) is 15.7. The van der Waals surface area contributed by atoms with Crippen LogP contribution < -0.4 is 10.7 Å². The zero-order valence-corrected chi connectivity index (χ0v) is 18.8. The van der Waals surface area contributed by atoms with E-state index in [4.69, 9.17) is 5.73 Å². The summed E-state index contributed by atoms with van der Waals surface area (Å²) in [6.07, 6.45) is 15.3. The summed E-state index contributed by atoms with van der Waals surface area (Å²) in [5, 5.41) is 4.44. The summed E-state index contributed by atoms with van der Waals surface area (Å²) >= 11 is 0. The topological polar surface area (TPSA) is 53.6 Å². The van der Waals surface area contributed by atoms with E-state index < -0.39 is 0 Å². The molecule has 0 radical (unpaired) electrons. The highest BCUT2D eigenvalue weighted by atomic mass is 15.5. The number of aromatic nitrogens is 2. The molecule has 5 rings (SSSR count). The molecule has 0 bridgehead atoms. The Morgan fingerprint density at radius 3 is 2.72 bits per heavy atom. The molecule has 166 valence electrons. The normalized spacial score (nSPS) is 17.5. The van der Waals surface area contributed by atoms with E-state index in [0.717, 1.165) is 36.1 Å². The van der Waals surface area contributed by atoms with Crippen LogP contribution in [0.5, 0.6) is 0 Å². The van der Waals surface area contributed by atoms with Crippen LogP contribution in [0.1, 0.15) is 30.0 Å². The molecule has 3 heterocycles. The molecule has 2 aliphatic rings. The molecule has 1 saturated heterocycles. The van der Waals surface area contributed by atoms with E-state index in [1.165, 1.54) is 49.2 Å². The fraction of sp³-hybridized carbons (Fsp3) is 0.346. The average molecular weight is 429 g/mol.